The van der Waals surface area contributed by atoms with E-state index < -0.39 is 0 Å². The third kappa shape index (κ3) is 6.82. The van der Waals surface area contributed by atoms with Crippen molar-refractivity contribution in [1.82, 2.24) is 5.32 Å². The molecular weight excluding hydrogens is 186 g/mol. The van der Waals surface area contributed by atoms with Crippen LogP contribution in [0.15, 0.2) is 0 Å². The first kappa shape index (κ1) is 13.4. The van der Waals surface area contributed by atoms with Gasteiger partial charge in [0, 0.05) is 26.8 Å². The van der Waals surface area contributed by atoms with E-state index in [1.807, 2.05) is 0 Å². The van der Waals surface area contributed by atoms with Gasteiger partial charge >= 0.3 is 5.97 Å². The summed E-state index contributed by atoms with van der Waals surface area (Å²) in [4.78, 5) is 11.0. The molecule has 0 aromatic carbocycles. The first-order chi connectivity index (χ1) is 6.74. The minimum Gasteiger partial charge on any atom is -0.469 e. The van der Waals surface area contributed by atoms with Gasteiger partial charge < -0.3 is 19.5 Å². The van der Waals surface area contributed by atoms with Gasteiger partial charge in [0.1, 0.15) is 0 Å². The molecule has 1 atom stereocenters. The average Bonchev–Trinajstić information content (AvgIpc) is 2.18. The van der Waals surface area contributed by atoms with Gasteiger partial charge in [-0.3, -0.25) is 4.79 Å². The molecule has 0 rings (SSSR count). The molecule has 0 fully saturated rings. The second kappa shape index (κ2) is 8.93. The van der Waals surface area contributed by atoms with Crippen molar-refractivity contribution in [2.75, 3.05) is 41.1 Å². The molecule has 1 N–H and O–H groups in total. The van der Waals surface area contributed by atoms with Gasteiger partial charge in [-0.25, -0.2) is 0 Å². The molecule has 0 spiro atoms. The molecule has 5 heteroatoms. The van der Waals surface area contributed by atoms with Gasteiger partial charge in [-0.2, -0.15) is 0 Å². The van der Waals surface area contributed by atoms with Gasteiger partial charge in [0.05, 0.1) is 26.7 Å². The highest BCUT2D eigenvalue weighted by atomic mass is 16.5. The molecular formula is C9H19NO4. The Morgan fingerprint density at radius 2 is 2.00 bits per heavy atom. The maximum Gasteiger partial charge on any atom is 0.307 e. The highest BCUT2D eigenvalue weighted by molar-refractivity contribution is 5.69. The first-order valence-electron chi connectivity index (χ1n) is 4.52. The Balaban J connectivity index is 3.70. The molecule has 0 aromatic heterocycles. The molecule has 0 heterocycles. The molecule has 0 radical (unpaired) electrons. The normalized spacial score (nSPS) is 12.5. The van der Waals surface area contributed by atoms with Crippen molar-refractivity contribution < 1.29 is 19.0 Å². The fourth-order valence-corrected chi connectivity index (χ4v) is 1.04. The number of esters is 1. The molecule has 84 valence electrons. The predicted octanol–water partition coefficient (Wildman–Crippen LogP) is -0.199. The zero-order valence-corrected chi connectivity index (χ0v) is 9.04. The lowest BCUT2D eigenvalue weighted by atomic mass is 10.2. The quantitative estimate of drug-likeness (QED) is 0.439. The van der Waals surface area contributed by atoms with Crippen LogP contribution in [0.5, 0.6) is 0 Å². The summed E-state index contributed by atoms with van der Waals surface area (Å²) in [6, 6.07) is -0.0115. The largest absolute Gasteiger partial charge is 0.469 e. The first-order valence-corrected chi connectivity index (χ1v) is 4.52. The maximum atomic E-state index is 11.0. The minimum absolute atomic E-state index is 0.0115. The molecule has 0 amide bonds. The Kier molecular flexibility index (Phi) is 8.51. The maximum absolute atomic E-state index is 11.0. The van der Waals surface area contributed by atoms with E-state index in [0.29, 0.717) is 26.2 Å². The number of ether oxygens (including phenoxy) is 3. The average molecular weight is 205 g/mol. The van der Waals surface area contributed by atoms with Crippen molar-refractivity contribution in [3.8, 4) is 0 Å². The molecule has 0 aliphatic carbocycles. The third-order valence-corrected chi connectivity index (χ3v) is 1.75. The summed E-state index contributed by atoms with van der Waals surface area (Å²) in [5.74, 6) is -0.239. The van der Waals surface area contributed by atoms with Crippen LogP contribution in [0.1, 0.15) is 6.42 Å². The van der Waals surface area contributed by atoms with Crippen LogP contribution < -0.4 is 5.32 Å². The van der Waals surface area contributed by atoms with E-state index >= 15 is 0 Å². The van der Waals surface area contributed by atoms with Crippen molar-refractivity contribution >= 4 is 5.97 Å². The second-order valence-electron chi connectivity index (χ2n) is 2.88. The Bertz CT molecular complexity index is 152. The van der Waals surface area contributed by atoms with Gasteiger partial charge in [0.15, 0.2) is 0 Å². The summed E-state index contributed by atoms with van der Waals surface area (Å²) in [7, 11) is 4.61. The van der Waals surface area contributed by atoms with E-state index in [-0.39, 0.29) is 12.0 Å². The van der Waals surface area contributed by atoms with Crippen LogP contribution in [-0.4, -0.2) is 53.1 Å². The fourth-order valence-electron chi connectivity index (χ4n) is 1.04. The van der Waals surface area contributed by atoms with Gasteiger partial charge in [0.2, 0.25) is 0 Å². The third-order valence-electron chi connectivity index (χ3n) is 1.75. The summed E-state index contributed by atoms with van der Waals surface area (Å²) in [5.41, 5.74) is 0. The van der Waals surface area contributed by atoms with E-state index in [9.17, 15) is 4.79 Å². The van der Waals surface area contributed by atoms with Crippen LogP contribution in [0.25, 0.3) is 0 Å². The zero-order chi connectivity index (χ0) is 10.8. The molecule has 0 saturated heterocycles. The van der Waals surface area contributed by atoms with E-state index in [2.05, 4.69) is 10.1 Å². The molecule has 0 aliphatic heterocycles. The van der Waals surface area contributed by atoms with Crippen LogP contribution in [-0.2, 0) is 19.0 Å². The molecule has 14 heavy (non-hydrogen) atoms. The van der Waals surface area contributed by atoms with Gasteiger partial charge in [-0.15, -0.1) is 0 Å². The summed E-state index contributed by atoms with van der Waals surface area (Å²) in [6.07, 6.45) is 0.314. The summed E-state index contributed by atoms with van der Waals surface area (Å²) >= 11 is 0. The van der Waals surface area contributed by atoms with Crippen LogP contribution >= 0.6 is 0 Å². The molecule has 1 unspecified atom stereocenters. The van der Waals surface area contributed by atoms with Crippen molar-refractivity contribution in [2.45, 2.75) is 12.5 Å². The minimum atomic E-state index is -0.239. The SMILES string of the molecule is COCCNC(COC)CC(=O)OC. The second-order valence-corrected chi connectivity index (χ2v) is 2.88. The Morgan fingerprint density at radius 1 is 1.29 bits per heavy atom. The number of carbonyl (C=O) groups is 1. The van der Waals surface area contributed by atoms with Crippen LogP contribution in [0.2, 0.25) is 0 Å². The van der Waals surface area contributed by atoms with E-state index in [0.717, 1.165) is 0 Å². The monoisotopic (exact) mass is 205 g/mol. The molecule has 5 nitrogen and oxygen atoms in total. The van der Waals surface area contributed by atoms with E-state index in [1.54, 1.807) is 14.2 Å². The van der Waals surface area contributed by atoms with E-state index in [4.69, 9.17) is 9.47 Å². The number of carbonyl (C=O) groups excluding carboxylic acids is 1. The molecule has 0 saturated carbocycles. The van der Waals surface area contributed by atoms with Crippen molar-refractivity contribution in [3.05, 3.63) is 0 Å². The highest BCUT2D eigenvalue weighted by Crippen LogP contribution is 1.94. The molecule has 0 aliphatic rings. The number of rotatable bonds is 8. The highest BCUT2D eigenvalue weighted by Gasteiger charge is 2.12. The Hall–Kier alpha value is -0.650. The van der Waals surface area contributed by atoms with Gasteiger partial charge in [-0.05, 0) is 0 Å². The predicted molar refractivity (Wildman–Crippen MR) is 52.2 cm³/mol. The van der Waals surface area contributed by atoms with Crippen molar-refractivity contribution in [1.29, 1.82) is 0 Å². The lowest BCUT2D eigenvalue weighted by molar-refractivity contribution is -0.141. The Labute approximate surface area is 84.7 Å². The standard InChI is InChI=1S/C9H19NO4/c1-12-5-4-10-8(7-13-2)6-9(11)14-3/h8,10H,4-7H2,1-3H3. The zero-order valence-electron chi connectivity index (χ0n) is 9.04. The topological polar surface area (TPSA) is 56.8 Å². The van der Waals surface area contributed by atoms with Gasteiger partial charge in [0.25, 0.3) is 0 Å². The summed E-state index contributed by atoms with van der Waals surface area (Å²) in [6.45, 7) is 1.79. The van der Waals surface area contributed by atoms with E-state index in [1.165, 1.54) is 7.11 Å². The van der Waals surface area contributed by atoms with Crippen LogP contribution in [0.4, 0.5) is 0 Å². The number of hydrogen-bond donors (Lipinski definition) is 1. The van der Waals surface area contributed by atoms with Crippen LogP contribution in [0.3, 0.4) is 0 Å². The lowest BCUT2D eigenvalue weighted by Gasteiger charge is -2.16. The lowest BCUT2D eigenvalue weighted by Crippen LogP contribution is -2.37. The number of methoxy groups -OCH3 is 3. The van der Waals surface area contributed by atoms with Crippen molar-refractivity contribution in [2.24, 2.45) is 0 Å². The fraction of sp³-hybridized carbons (Fsp3) is 0.889. The summed E-state index contributed by atoms with van der Waals surface area (Å²) < 4.78 is 14.4. The molecule has 0 bridgehead atoms. The Morgan fingerprint density at radius 3 is 2.50 bits per heavy atom. The van der Waals surface area contributed by atoms with Crippen molar-refractivity contribution in [3.63, 3.8) is 0 Å². The summed E-state index contributed by atoms with van der Waals surface area (Å²) in [5, 5.41) is 3.14. The number of nitrogens with one attached hydrogen (secondary N) is 1. The molecule has 0 aromatic rings. The van der Waals surface area contributed by atoms with Gasteiger partial charge in [-0.1, -0.05) is 0 Å². The number of hydrogen-bond acceptors (Lipinski definition) is 5. The smallest absolute Gasteiger partial charge is 0.307 e. The van der Waals surface area contributed by atoms with Crippen LogP contribution in [0, 0.1) is 0 Å².